The van der Waals surface area contributed by atoms with Crippen LogP contribution in [0.15, 0.2) is 29.6 Å². The van der Waals surface area contributed by atoms with Gasteiger partial charge >= 0.3 is 0 Å². The van der Waals surface area contributed by atoms with E-state index in [1.165, 1.54) is 23.5 Å². The summed E-state index contributed by atoms with van der Waals surface area (Å²) in [6.07, 6.45) is 0. The maximum atomic E-state index is 12.8. The zero-order chi connectivity index (χ0) is 13.1. The molecule has 2 aromatic rings. The minimum Gasteiger partial charge on any atom is -0.300 e. The number of rotatable bonds is 3. The van der Waals surface area contributed by atoms with Crippen LogP contribution >= 0.6 is 34.5 Å². The number of thiazole rings is 1. The number of amides is 1. The topological polar surface area (TPSA) is 42.0 Å². The van der Waals surface area contributed by atoms with Crippen LogP contribution in [-0.4, -0.2) is 15.7 Å². The van der Waals surface area contributed by atoms with Gasteiger partial charge in [-0.15, -0.1) is 11.3 Å². The van der Waals surface area contributed by atoms with E-state index in [1.54, 1.807) is 17.5 Å². The Morgan fingerprint density at radius 2 is 2.00 bits per heavy atom. The van der Waals surface area contributed by atoms with E-state index >= 15 is 0 Å². The number of benzene rings is 1. The number of carbonyl (C=O) groups excluding carboxylic acids is 1. The summed E-state index contributed by atoms with van der Waals surface area (Å²) in [5, 5.41) is 4.62. The van der Waals surface area contributed by atoms with Crippen molar-refractivity contribution < 1.29 is 9.18 Å². The third-order valence-electron chi connectivity index (χ3n) is 2.07. The van der Waals surface area contributed by atoms with Gasteiger partial charge in [0, 0.05) is 10.9 Å². The average Bonchev–Trinajstić information content (AvgIpc) is 2.78. The molecule has 3 nitrogen and oxygen atoms in total. The highest BCUT2D eigenvalue weighted by atomic mass is 35.5. The monoisotopic (exact) mass is 304 g/mol. The second-order valence-electron chi connectivity index (χ2n) is 3.33. The number of hydrogen-bond acceptors (Lipinski definition) is 3. The Kier molecular flexibility index (Phi) is 4.16. The van der Waals surface area contributed by atoms with E-state index in [4.69, 9.17) is 23.2 Å². The Bertz CT molecular complexity index is 556. The van der Waals surface area contributed by atoms with Crippen molar-refractivity contribution in [3.05, 3.63) is 35.5 Å². The van der Waals surface area contributed by atoms with E-state index in [-0.39, 0.29) is 5.82 Å². The maximum Gasteiger partial charge on any atom is 0.259 e. The Hall–Kier alpha value is -1.17. The van der Waals surface area contributed by atoms with Crippen LogP contribution in [0.2, 0.25) is 0 Å². The van der Waals surface area contributed by atoms with E-state index in [9.17, 15) is 9.18 Å². The van der Waals surface area contributed by atoms with Gasteiger partial charge in [-0.2, -0.15) is 0 Å². The van der Waals surface area contributed by atoms with Crippen molar-refractivity contribution in [2.24, 2.45) is 0 Å². The molecular weight excluding hydrogens is 298 g/mol. The summed E-state index contributed by atoms with van der Waals surface area (Å²) in [6, 6.07) is 5.92. The van der Waals surface area contributed by atoms with E-state index in [0.717, 1.165) is 5.56 Å². The van der Waals surface area contributed by atoms with Gasteiger partial charge in [0.1, 0.15) is 5.82 Å². The molecular formula is C11H7Cl2FN2OS. The highest BCUT2D eigenvalue weighted by Gasteiger charge is 2.13. The molecule has 0 radical (unpaired) electrons. The molecule has 1 aromatic carbocycles. The van der Waals surface area contributed by atoms with Gasteiger partial charge in [-0.25, -0.2) is 9.37 Å². The van der Waals surface area contributed by atoms with Crippen molar-refractivity contribution in [2.75, 3.05) is 5.32 Å². The van der Waals surface area contributed by atoms with Crippen molar-refractivity contribution in [3.8, 4) is 11.3 Å². The van der Waals surface area contributed by atoms with Gasteiger partial charge in [0.05, 0.1) is 5.69 Å². The normalized spacial score (nSPS) is 10.7. The fourth-order valence-corrected chi connectivity index (χ4v) is 2.08. The van der Waals surface area contributed by atoms with E-state index in [2.05, 4.69) is 10.3 Å². The third-order valence-corrected chi connectivity index (χ3v) is 3.23. The van der Waals surface area contributed by atoms with Gasteiger partial charge in [0.15, 0.2) is 9.97 Å². The predicted octanol–water partition coefficient (Wildman–Crippen LogP) is 3.69. The van der Waals surface area contributed by atoms with Crippen LogP contribution in [0.3, 0.4) is 0 Å². The lowest BCUT2D eigenvalue weighted by atomic mass is 10.2. The molecule has 0 saturated heterocycles. The van der Waals surface area contributed by atoms with Crippen LogP contribution in [0.4, 0.5) is 9.52 Å². The number of carbonyl (C=O) groups is 1. The SMILES string of the molecule is O=C(Nc1nc(-c2ccc(F)cc2)cs1)C(Cl)Cl. The second-order valence-corrected chi connectivity index (χ2v) is 5.29. The largest absolute Gasteiger partial charge is 0.300 e. The Morgan fingerprint density at radius 1 is 1.33 bits per heavy atom. The van der Waals surface area contributed by atoms with E-state index < -0.39 is 10.7 Å². The molecule has 0 fully saturated rings. The van der Waals surface area contributed by atoms with Gasteiger partial charge in [-0.1, -0.05) is 23.2 Å². The van der Waals surface area contributed by atoms with Crippen molar-refractivity contribution in [2.45, 2.75) is 4.84 Å². The highest BCUT2D eigenvalue weighted by Crippen LogP contribution is 2.25. The van der Waals surface area contributed by atoms with Gasteiger partial charge in [0.25, 0.3) is 5.91 Å². The molecule has 1 amide bonds. The molecule has 0 aliphatic heterocycles. The molecule has 0 aliphatic rings. The van der Waals surface area contributed by atoms with Crippen molar-refractivity contribution in [1.29, 1.82) is 0 Å². The first kappa shape index (κ1) is 13.3. The third kappa shape index (κ3) is 3.19. The number of aromatic nitrogens is 1. The van der Waals surface area contributed by atoms with Crippen molar-refractivity contribution >= 4 is 45.6 Å². The minimum absolute atomic E-state index is 0.311. The molecule has 7 heteroatoms. The van der Waals surface area contributed by atoms with Gasteiger partial charge in [0.2, 0.25) is 0 Å². The first-order chi connectivity index (χ1) is 8.56. The van der Waals surface area contributed by atoms with Crippen LogP contribution < -0.4 is 5.32 Å². The van der Waals surface area contributed by atoms with Crippen LogP contribution in [0.5, 0.6) is 0 Å². The summed E-state index contributed by atoms with van der Waals surface area (Å²) in [7, 11) is 0. The molecule has 0 spiro atoms. The number of alkyl halides is 2. The van der Waals surface area contributed by atoms with Gasteiger partial charge < -0.3 is 0 Å². The molecule has 1 aromatic heterocycles. The molecule has 94 valence electrons. The lowest BCUT2D eigenvalue weighted by Gasteiger charge is -2.00. The standard InChI is InChI=1S/C11H7Cl2FN2OS/c12-9(13)10(17)16-11-15-8(5-18-11)6-1-3-7(14)4-2-6/h1-5,9H,(H,15,16,17). The summed E-state index contributed by atoms with van der Waals surface area (Å²) < 4.78 is 12.8. The van der Waals surface area contributed by atoms with Crippen LogP contribution in [-0.2, 0) is 4.79 Å². The predicted molar refractivity (Wildman–Crippen MR) is 71.6 cm³/mol. The summed E-state index contributed by atoms with van der Waals surface area (Å²) in [4.78, 5) is 14.3. The zero-order valence-electron chi connectivity index (χ0n) is 8.86. The lowest BCUT2D eigenvalue weighted by molar-refractivity contribution is -0.114. The molecule has 18 heavy (non-hydrogen) atoms. The van der Waals surface area contributed by atoms with Crippen LogP contribution in [0, 0.1) is 5.82 Å². The Labute approximate surface area is 117 Å². The number of nitrogens with zero attached hydrogens (tertiary/aromatic N) is 1. The first-order valence-corrected chi connectivity index (χ1v) is 6.62. The quantitative estimate of drug-likeness (QED) is 0.879. The fraction of sp³-hybridized carbons (Fsp3) is 0.0909. The molecule has 1 heterocycles. The van der Waals surface area contributed by atoms with E-state index in [1.807, 2.05) is 0 Å². The average molecular weight is 305 g/mol. The second kappa shape index (κ2) is 5.65. The summed E-state index contributed by atoms with van der Waals surface area (Å²) >= 11 is 12.1. The number of halogens is 3. The molecule has 0 atom stereocenters. The van der Waals surface area contributed by atoms with Crippen molar-refractivity contribution in [1.82, 2.24) is 4.98 Å². The number of nitrogens with one attached hydrogen (secondary N) is 1. The minimum atomic E-state index is -1.14. The smallest absolute Gasteiger partial charge is 0.259 e. The summed E-state index contributed by atoms with van der Waals surface area (Å²) in [5.74, 6) is -0.840. The highest BCUT2D eigenvalue weighted by molar-refractivity contribution is 7.14. The fourth-order valence-electron chi connectivity index (χ4n) is 1.24. The maximum absolute atomic E-state index is 12.8. The van der Waals surface area contributed by atoms with Gasteiger partial charge in [-0.3, -0.25) is 10.1 Å². The molecule has 2 rings (SSSR count). The van der Waals surface area contributed by atoms with Crippen LogP contribution in [0.25, 0.3) is 11.3 Å². The molecule has 0 bridgehead atoms. The Morgan fingerprint density at radius 3 is 2.61 bits per heavy atom. The Balaban J connectivity index is 2.15. The molecule has 1 N–H and O–H groups in total. The zero-order valence-corrected chi connectivity index (χ0v) is 11.2. The molecule has 0 unspecified atom stereocenters. The number of anilines is 1. The van der Waals surface area contributed by atoms with Gasteiger partial charge in [-0.05, 0) is 24.3 Å². The summed E-state index contributed by atoms with van der Waals surface area (Å²) in [6.45, 7) is 0. The molecule has 0 saturated carbocycles. The van der Waals surface area contributed by atoms with Crippen molar-refractivity contribution in [3.63, 3.8) is 0 Å². The first-order valence-electron chi connectivity index (χ1n) is 4.87. The van der Waals surface area contributed by atoms with Crippen LogP contribution in [0.1, 0.15) is 0 Å². The van der Waals surface area contributed by atoms with E-state index in [0.29, 0.717) is 10.8 Å². The summed E-state index contributed by atoms with van der Waals surface area (Å²) in [5.41, 5.74) is 1.41. The number of hydrogen-bond donors (Lipinski definition) is 1. The molecule has 0 aliphatic carbocycles. The lowest BCUT2D eigenvalue weighted by Crippen LogP contribution is -2.18.